The Hall–Kier alpha value is -2.93. The third-order valence-corrected chi connectivity index (χ3v) is 6.91. The number of carbonyl (C=O) groups excluding carboxylic acids is 2. The van der Waals surface area contributed by atoms with Gasteiger partial charge in [-0.3, -0.25) is 14.4 Å². The highest BCUT2D eigenvalue weighted by Crippen LogP contribution is 2.39. The fraction of sp³-hybridized carbons (Fsp3) is 0.348. The summed E-state index contributed by atoms with van der Waals surface area (Å²) in [5.74, 6) is -3.50. The van der Waals surface area contributed by atoms with Crippen molar-refractivity contribution in [1.29, 1.82) is 0 Å². The van der Waals surface area contributed by atoms with E-state index in [1.165, 1.54) is 11.3 Å². The van der Waals surface area contributed by atoms with Gasteiger partial charge in [-0.25, -0.2) is 0 Å². The lowest BCUT2D eigenvalue weighted by atomic mass is 9.76. The summed E-state index contributed by atoms with van der Waals surface area (Å²) >= 11 is 1.22. The van der Waals surface area contributed by atoms with Crippen LogP contribution in [0, 0.1) is 25.7 Å². The number of rotatable bonds is 5. The maximum atomic E-state index is 13.0. The molecular weight excluding hydrogens is 400 g/mol. The largest absolute Gasteiger partial charge is 0.481 e. The average Bonchev–Trinajstić information content (AvgIpc) is 3.09. The average molecular weight is 427 g/mol. The first-order chi connectivity index (χ1) is 14.1. The molecule has 1 aliphatic rings. The maximum absolute atomic E-state index is 13.0. The zero-order valence-corrected chi connectivity index (χ0v) is 18.4. The number of allylic oxidation sites excluding steroid dienone is 2. The quantitative estimate of drug-likeness (QED) is 0.611. The van der Waals surface area contributed by atoms with E-state index in [0.29, 0.717) is 23.4 Å². The summed E-state index contributed by atoms with van der Waals surface area (Å²) in [6.45, 7) is 7.82. The summed E-state index contributed by atoms with van der Waals surface area (Å²) < 4.78 is 0. The maximum Gasteiger partial charge on any atom is 0.307 e. The molecule has 1 heterocycles. The molecule has 0 saturated heterocycles. The molecule has 0 unspecified atom stereocenters. The monoisotopic (exact) mass is 426 g/mol. The molecule has 6 nitrogen and oxygen atoms in total. The molecule has 158 valence electrons. The highest BCUT2D eigenvalue weighted by Gasteiger charge is 2.37. The number of anilines is 1. The first-order valence-corrected chi connectivity index (χ1v) is 10.7. The molecule has 7 heteroatoms. The number of amides is 2. The second kappa shape index (κ2) is 8.44. The Kier molecular flexibility index (Phi) is 6.12. The summed E-state index contributed by atoms with van der Waals surface area (Å²) in [4.78, 5) is 37.0. The van der Waals surface area contributed by atoms with E-state index in [-0.39, 0.29) is 5.56 Å². The normalized spacial score (nSPS) is 18.9. The number of aryl methyl sites for hydroxylation is 2. The lowest BCUT2D eigenvalue weighted by Gasteiger charge is -2.29. The van der Waals surface area contributed by atoms with Crippen LogP contribution in [0.4, 0.5) is 5.00 Å². The Morgan fingerprint density at radius 1 is 1.03 bits per heavy atom. The second-order valence-electron chi connectivity index (χ2n) is 8.03. The van der Waals surface area contributed by atoms with Crippen LogP contribution in [0.3, 0.4) is 0 Å². The van der Waals surface area contributed by atoms with Crippen LogP contribution in [0.1, 0.15) is 48.2 Å². The van der Waals surface area contributed by atoms with Crippen molar-refractivity contribution in [1.82, 2.24) is 0 Å². The number of carboxylic acid groups (broad SMARTS) is 1. The molecule has 0 fully saturated rings. The standard InChI is InChI=1S/C23H26N2O4S/c1-11-5-6-15(7-12(11)2)18-10-30-22(19(18)20(24)26)25-21(27)16-8-13(3)14(4)9-17(16)23(28)29/h5-7,10,16-17H,8-9H2,1-4H3,(H2,24,26)(H,25,27)(H,28,29)/t16-,17+/m1/s1. The molecule has 1 aliphatic carbocycles. The van der Waals surface area contributed by atoms with Crippen molar-refractivity contribution in [3.63, 3.8) is 0 Å². The molecule has 0 radical (unpaired) electrons. The van der Waals surface area contributed by atoms with Crippen molar-refractivity contribution < 1.29 is 19.5 Å². The van der Waals surface area contributed by atoms with Gasteiger partial charge in [0.25, 0.3) is 5.91 Å². The zero-order valence-electron chi connectivity index (χ0n) is 17.5. The van der Waals surface area contributed by atoms with Crippen LogP contribution in [0.2, 0.25) is 0 Å². The molecule has 4 N–H and O–H groups in total. The molecule has 2 amide bonds. The summed E-state index contributed by atoms with van der Waals surface area (Å²) in [7, 11) is 0. The highest BCUT2D eigenvalue weighted by molar-refractivity contribution is 7.15. The van der Waals surface area contributed by atoms with Gasteiger partial charge < -0.3 is 16.2 Å². The van der Waals surface area contributed by atoms with E-state index in [9.17, 15) is 19.5 Å². The lowest BCUT2D eigenvalue weighted by molar-refractivity contribution is -0.146. The van der Waals surface area contributed by atoms with Gasteiger partial charge in [-0.1, -0.05) is 29.3 Å². The summed E-state index contributed by atoms with van der Waals surface area (Å²) in [6, 6.07) is 5.87. The van der Waals surface area contributed by atoms with Crippen molar-refractivity contribution in [2.45, 2.75) is 40.5 Å². The van der Waals surface area contributed by atoms with Gasteiger partial charge in [0.2, 0.25) is 5.91 Å². The molecule has 0 spiro atoms. The van der Waals surface area contributed by atoms with E-state index in [1.54, 1.807) is 5.38 Å². The van der Waals surface area contributed by atoms with Gasteiger partial charge in [0, 0.05) is 10.9 Å². The molecule has 1 aromatic heterocycles. The Bertz CT molecular complexity index is 1070. The van der Waals surface area contributed by atoms with E-state index in [1.807, 2.05) is 45.9 Å². The molecule has 2 atom stereocenters. The van der Waals surface area contributed by atoms with Crippen molar-refractivity contribution in [2.24, 2.45) is 17.6 Å². The first-order valence-electron chi connectivity index (χ1n) is 9.78. The molecule has 2 aromatic rings. The van der Waals surface area contributed by atoms with Gasteiger partial charge in [-0.15, -0.1) is 11.3 Å². The Balaban J connectivity index is 1.94. The van der Waals surface area contributed by atoms with Gasteiger partial charge in [-0.2, -0.15) is 0 Å². The number of thiophene rings is 1. The van der Waals surface area contributed by atoms with Crippen LogP contribution >= 0.6 is 11.3 Å². The topological polar surface area (TPSA) is 109 Å². The molecule has 0 saturated carbocycles. The number of aliphatic carboxylic acids is 1. The Morgan fingerprint density at radius 2 is 1.67 bits per heavy atom. The third kappa shape index (κ3) is 4.16. The first kappa shape index (κ1) is 21.8. The second-order valence-corrected chi connectivity index (χ2v) is 8.91. The van der Waals surface area contributed by atoms with E-state index in [4.69, 9.17) is 5.73 Å². The highest BCUT2D eigenvalue weighted by atomic mass is 32.1. The van der Waals surface area contributed by atoms with Crippen LogP contribution in [0.5, 0.6) is 0 Å². The summed E-state index contributed by atoms with van der Waals surface area (Å²) in [5, 5.41) is 14.5. The van der Waals surface area contributed by atoms with Gasteiger partial charge in [0.1, 0.15) is 5.00 Å². The lowest BCUT2D eigenvalue weighted by Crippen LogP contribution is -2.36. The van der Waals surface area contributed by atoms with Crippen LogP contribution < -0.4 is 11.1 Å². The minimum absolute atomic E-state index is 0.253. The minimum atomic E-state index is -0.987. The van der Waals surface area contributed by atoms with Crippen LogP contribution in [-0.2, 0) is 9.59 Å². The Morgan fingerprint density at radius 3 is 2.23 bits per heavy atom. The number of hydrogen-bond donors (Lipinski definition) is 3. The van der Waals surface area contributed by atoms with Gasteiger partial charge in [-0.05, 0) is 57.2 Å². The van der Waals surface area contributed by atoms with Crippen molar-refractivity contribution in [3.05, 3.63) is 51.4 Å². The van der Waals surface area contributed by atoms with Crippen LogP contribution in [-0.4, -0.2) is 22.9 Å². The predicted molar refractivity (Wildman–Crippen MR) is 119 cm³/mol. The molecule has 30 heavy (non-hydrogen) atoms. The van der Waals surface area contributed by atoms with E-state index >= 15 is 0 Å². The summed E-state index contributed by atoms with van der Waals surface area (Å²) in [5.41, 5.74) is 11.7. The van der Waals surface area contributed by atoms with Gasteiger partial charge in [0.05, 0.1) is 17.4 Å². The minimum Gasteiger partial charge on any atom is -0.481 e. The van der Waals surface area contributed by atoms with Gasteiger partial charge >= 0.3 is 5.97 Å². The number of primary amides is 1. The number of carboxylic acids is 1. The SMILES string of the molecule is CC1=C(C)C[C@@H](C(=O)Nc2scc(-c3ccc(C)c(C)c3)c2C(N)=O)[C@@H](C(=O)O)C1. The van der Waals surface area contributed by atoms with E-state index in [2.05, 4.69) is 5.32 Å². The van der Waals surface area contributed by atoms with Crippen molar-refractivity contribution in [2.75, 3.05) is 5.32 Å². The van der Waals surface area contributed by atoms with E-state index < -0.39 is 29.6 Å². The van der Waals surface area contributed by atoms with Crippen molar-refractivity contribution in [3.8, 4) is 11.1 Å². The molecule has 1 aromatic carbocycles. The number of benzene rings is 1. The number of nitrogens with one attached hydrogen (secondary N) is 1. The smallest absolute Gasteiger partial charge is 0.307 e. The third-order valence-electron chi connectivity index (χ3n) is 6.01. The fourth-order valence-corrected chi connectivity index (χ4v) is 4.83. The number of carbonyl (C=O) groups is 3. The molecule has 3 rings (SSSR count). The van der Waals surface area contributed by atoms with Gasteiger partial charge in [0.15, 0.2) is 0 Å². The zero-order chi connectivity index (χ0) is 22.2. The molecule has 0 aliphatic heterocycles. The predicted octanol–water partition coefficient (Wildman–Crippen LogP) is 4.52. The fourth-order valence-electron chi connectivity index (χ4n) is 3.85. The number of hydrogen-bond acceptors (Lipinski definition) is 4. The van der Waals surface area contributed by atoms with E-state index in [0.717, 1.165) is 27.8 Å². The molecular formula is C23H26N2O4S. The summed E-state index contributed by atoms with van der Waals surface area (Å²) in [6.07, 6.45) is 0.732. The molecule has 0 bridgehead atoms. The van der Waals surface area contributed by atoms with Crippen LogP contribution in [0.25, 0.3) is 11.1 Å². The Labute approximate surface area is 179 Å². The van der Waals surface area contributed by atoms with Crippen molar-refractivity contribution >= 4 is 34.1 Å². The number of nitrogens with two attached hydrogens (primary N) is 1. The van der Waals surface area contributed by atoms with Crippen LogP contribution in [0.15, 0.2) is 34.7 Å².